The van der Waals surface area contributed by atoms with E-state index < -0.39 is 11.6 Å². The van der Waals surface area contributed by atoms with E-state index in [-0.39, 0.29) is 11.6 Å². The van der Waals surface area contributed by atoms with Crippen molar-refractivity contribution in [2.45, 2.75) is 0 Å². The second-order valence-corrected chi connectivity index (χ2v) is 2.64. The van der Waals surface area contributed by atoms with Gasteiger partial charge in [0.05, 0.1) is 6.20 Å². The van der Waals surface area contributed by atoms with Gasteiger partial charge in [-0.3, -0.25) is 0 Å². The molecule has 0 amide bonds. The third-order valence-corrected chi connectivity index (χ3v) is 1.62. The van der Waals surface area contributed by atoms with Gasteiger partial charge in [0.1, 0.15) is 11.6 Å². The van der Waals surface area contributed by atoms with Crippen LogP contribution in [0.2, 0.25) is 0 Å². The molecule has 2 rings (SSSR count). The van der Waals surface area contributed by atoms with Gasteiger partial charge in [-0.2, -0.15) is 0 Å². The van der Waals surface area contributed by atoms with E-state index in [9.17, 15) is 8.78 Å². The van der Waals surface area contributed by atoms with Crippen molar-refractivity contribution in [2.24, 2.45) is 0 Å². The van der Waals surface area contributed by atoms with Crippen molar-refractivity contribution in [3.05, 3.63) is 36.2 Å². The first-order valence-corrected chi connectivity index (χ1v) is 3.79. The average Bonchev–Trinajstić information content (AvgIpc) is 2.51. The molecule has 6 heteroatoms. The molecule has 0 unspecified atom stereocenters. The lowest BCUT2D eigenvalue weighted by Gasteiger charge is -2.00. The van der Waals surface area contributed by atoms with E-state index in [0.29, 0.717) is 0 Å². The fourth-order valence-corrected chi connectivity index (χ4v) is 1.03. The standard InChI is InChI=1S/C8H6F2N4/c9-5-3-6(10)8(12-4-5)14-2-1-7(11)13-14/h1-4H,(H2,11,13). The Morgan fingerprint density at radius 2 is 2.14 bits per heavy atom. The Hall–Kier alpha value is -1.98. The Labute approximate surface area is 78.0 Å². The second-order valence-electron chi connectivity index (χ2n) is 2.64. The van der Waals surface area contributed by atoms with Crippen LogP contribution in [0.1, 0.15) is 0 Å². The van der Waals surface area contributed by atoms with Crippen LogP contribution in [0.3, 0.4) is 0 Å². The van der Waals surface area contributed by atoms with Crippen molar-refractivity contribution in [3.63, 3.8) is 0 Å². The van der Waals surface area contributed by atoms with E-state index in [1.54, 1.807) is 0 Å². The van der Waals surface area contributed by atoms with Crippen LogP contribution in [0.5, 0.6) is 0 Å². The number of rotatable bonds is 1. The maximum Gasteiger partial charge on any atom is 0.189 e. The molecule has 2 heterocycles. The van der Waals surface area contributed by atoms with Crippen molar-refractivity contribution >= 4 is 5.82 Å². The summed E-state index contributed by atoms with van der Waals surface area (Å²) in [4.78, 5) is 3.56. The zero-order chi connectivity index (χ0) is 10.1. The first-order valence-electron chi connectivity index (χ1n) is 3.79. The number of pyridine rings is 1. The summed E-state index contributed by atoms with van der Waals surface area (Å²) in [7, 11) is 0. The quantitative estimate of drug-likeness (QED) is 0.743. The summed E-state index contributed by atoms with van der Waals surface area (Å²) in [6.07, 6.45) is 2.36. The summed E-state index contributed by atoms with van der Waals surface area (Å²) in [5.41, 5.74) is 5.34. The van der Waals surface area contributed by atoms with Gasteiger partial charge < -0.3 is 5.73 Å². The minimum Gasteiger partial charge on any atom is -0.382 e. The third kappa shape index (κ3) is 1.41. The van der Waals surface area contributed by atoms with Gasteiger partial charge in [0.2, 0.25) is 0 Å². The van der Waals surface area contributed by atoms with E-state index in [1.807, 2.05) is 0 Å². The Bertz CT molecular complexity index is 466. The molecule has 0 spiro atoms. The van der Waals surface area contributed by atoms with E-state index in [4.69, 9.17) is 5.73 Å². The van der Waals surface area contributed by atoms with Crippen LogP contribution in [0.15, 0.2) is 24.5 Å². The molecule has 0 bridgehead atoms. The summed E-state index contributed by atoms with van der Waals surface area (Å²) in [5, 5.41) is 3.74. The van der Waals surface area contributed by atoms with Crippen LogP contribution < -0.4 is 5.73 Å². The van der Waals surface area contributed by atoms with Crippen LogP contribution in [0.25, 0.3) is 5.82 Å². The molecule has 2 N–H and O–H groups in total. The normalized spacial score (nSPS) is 10.4. The van der Waals surface area contributed by atoms with E-state index in [0.717, 1.165) is 16.9 Å². The van der Waals surface area contributed by atoms with Crippen molar-refractivity contribution in [2.75, 3.05) is 5.73 Å². The fraction of sp³-hybridized carbons (Fsp3) is 0. The molecule has 0 aliphatic heterocycles. The number of nitrogen functional groups attached to an aromatic ring is 1. The average molecular weight is 196 g/mol. The Kier molecular flexibility index (Phi) is 1.88. The molecule has 0 aromatic carbocycles. The largest absolute Gasteiger partial charge is 0.382 e. The van der Waals surface area contributed by atoms with Gasteiger partial charge >= 0.3 is 0 Å². The Morgan fingerprint density at radius 3 is 2.71 bits per heavy atom. The van der Waals surface area contributed by atoms with Crippen LogP contribution in [0.4, 0.5) is 14.6 Å². The summed E-state index contributed by atoms with van der Waals surface area (Å²) in [6.45, 7) is 0. The molecule has 0 aliphatic carbocycles. The highest BCUT2D eigenvalue weighted by Gasteiger charge is 2.08. The van der Waals surface area contributed by atoms with Gasteiger partial charge in [-0.05, 0) is 0 Å². The molecule has 2 aromatic rings. The molecule has 72 valence electrons. The van der Waals surface area contributed by atoms with Crippen molar-refractivity contribution in [1.82, 2.24) is 14.8 Å². The summed E-state index contributed by atoms with van der Waals surface area (Å²) in [6, 6.07) is 2.23. The molecule has 4 nitrogen and oxygen atoms in total. The van der Waals surface area contributed by atoms with Gasteiger partial charge in [0.25, 0.3) is 0 Å². The van der Waals surface area contributed by atoms with Crippen molar-refractivity contribution in [1.29, 1.82) is 0 Å². The zero-order valence-electron chi connectivity index (χ0n) is 6.98. The maximum absolute atomic E-state index is 13.1. The lowest BCUT2D eigenvalue weighted by Crippen LogP contribution is -2.02. The molecule has 0 aliphatic rings. The minimum atomic E-state index is -0.784. The number of hydrogen-bond donors (Lipinski definition) is 1. The molecule has 2 aromatic heterocycles. The fourth-order valence-electron chi connectivity index (χ4n) is 1.03. The minimum absolute atomic E-state index is 0.0805. The molecular formula is C8H6F2N4. The highest BCUT2D eigenvalue weighted by atomic mass is 19.1. The van der Waals surface area contributed by atoms with Gasteiger partial charge in [0.15, 0.2) is 11.6 Å². The number of nitrogens with two attached hydrogens (primary N) is 1. The van der Waals surface area contributed by atoms with Crippen LogP contribution in [-0.4, -0.2) is 14.8 Å². The van der Waals surface area contributed by atoms with E-state index in [1.165, 1.54) is 12.3 Å². The van der Waals surface area contributed by atoms with Crippen molar-refractivity contribution in [3.8, 4) is 5.82 Å². The lowest BCUT2D eigenvalue weighted by molar-refractivity contribution is 0.560. The molecule has 0 radical (unpaired) electrons. The van der Waals surface area contributed by atoms with Crippen LogP contribution in [-0.2, 0) is 0 Å². The summed E-state index contributed by atoms with van der Waals surface area (Å²) >= 11 is 0. The molecule has 0 fully saturated rings. The first kappa shape index (κ1) is 8.61. The van der Waals surface area contributed by atoms with Gasteiger partial charge in [-0.25, -0.2) is 18.4 Å². The lowest BCUT2D eigenvalue weighted by atomic mass is 10.4. The third-order valence-electron chi connectivity index (χ3n) is 1.62. The summed E-state index contributed by atoms with van der Waals surface area (Å²) in [5.74, 6) is -1.35. The smallest absolute Gasteiger partial charge is 0.189 e. The van der Waals surface area contributed by atoms with Crippen LogP contribution in [0, 0.1) is 11.6 Å². The number of aromatic nitrogens is 3. The number of hydrogen-bond acceptors (Lipinski definition) is 3. The highest BCUT2D eigenvalue weighted by Crippen LogP contribution is 2.11. The first-order chi connectivity index (χ1) is 6.66. The monoisotopic (exact) mass is 196 g/mol. The number of nitrogens with zero attached hydrogens (tertiary/aromatic N) is 3. The molecular weight excluding hydrogens is 190 g/mol. The Morgan fingerprint density at radius 1 is 1.36 bits per heavy atom. The predicted molar refractivity (Wildman–Crippen MR) is 45.7 cm³/mol. The molecule has 0 saturated heterocycles. The maximum atomic E-state index is 13.1. The topological polar surface area (TPSA) is 56.7 Å². The molecule has 0 atom stereocenters. The zero-order valence-corrected chi connectivity index (χ0v) is 6.98. The SMILES string of the molecule is Nc1ccn(-c2ncc(F)cc2F)n1. The van der Waals surface area contributed by atoms with Gasteiger partial charge in [-0.1, -0.05) is 0 Å². The van der Waals surface area contributed by atoms with E-state index >= 15 is 0 Å². The van der Waals surface area contributed by atoms with Gasteiger partial charge in [-0.15, -0.1) is 5.10 Å². The van der Waals surface area contributed by atoms with Gasteiger partial charge in [0, 0.05) is 18.3 Å². The molecule has 14 heavy (non-hydrogen) atoms. The molecule has 0 saturated carbocycles. The van der Waals surface area contributed by atoms with E-state index in [2.05, 4.69) is 10.1 Å². The summed E-state index contributed by atoms with van der Waals surface area (Å²) < 4.78 is 26.8. The van der Waals surface area contributed by atoms with Crippen LogP contribution >= 0.6 is 0 Å². The Balaban J connectivity index is 2.52. The number of anilines is 1. The predicted octanol–water partition coefficient (Wildman–Crippen LogP) is 1.13. The van der Waals surface area contributed by atoms with Crippen molar-refractivity contribution < 1.29 is 8.78 Å². The second kappa shape index (κ2) is 3.06. The number of halogens is 2. The highest BCUT2D eigenvalue weighted by molar-refractivity contribution is 5.30.